The molecule has 0 aliphatic carbocycles. The van der Waals surface area contributed by atoms with E-state index in [1.54, 1.807) is 0 Å². The van der Waals surface area contributed by atoms with Crippen LogP contribution in [0, 0.1) is 5.92 Å². The van der Waals surface area contributed by atoms with E-state index in [1.807, 2.05) is 24.3 Å². The van der Waals surface area contributed by atoms with Gasteiger partial charge in [-0.15, -0.1) is 0 Å². The van der Waals surface area contributed by atoms with Crippen LogP contribution in [-0.4, -0.2) is 18.2 Å². The third-order valence-electron chi connectivity index (χ3n) is 2.93. The van der Waals surface area contributed by atoms with Crippen LogP contribution in [0.15, 0.2) is 41.0 Å². The molecule has 2 N–H and O–H groups in total. The number of carbonyl (C=O) groups excluding carboxylic acids is 1. The summed E-state index contributed by atoms with van der Waals surface area (Å²) in [6, 6.07) is 7.41. The Labute approximate surface area is 125 Å². The van der Waals surface area contributed by atoms with Crippen molar-refractivity contribution in [3.8, 4) is 0 Å². The zero-order chi connectivity index (χ0) is 14.0. The van der Waals surface area contributed by atoms with Gasteiger partial charge in [0, 0.05) is 10.2 Å². The molecule has 0 radical (unpaired) electrons. The van der Waals surface area contributed by atoms with E-state index in [0.29, 0.717) is 10.8 Å². The summed E-state index contributed by atoms with van der Waals surface area (Å²) in [6.45, 7) is 3.86. The molecule has 0 spiro atoms. The third-order valence-corrected chi connectivity index (χ3v) is 3.65. The summed E-state index contributed by atoms with van der Waals surface area (Å²) in [5.74, 6) is -0.872. The summed E-state index contributed by atoms with van der Waals surface area (Å²) in [5, 5.41) is 6.42. The number of nitrogens with one attached hydrogen (secondary N) is 2. The predicted octanol–water partition coefficient (Wildman–Crippen LogP) is 2.27. The molecule has 1 saturated heterocycles. The van der Waals surface area contributed by atoms with Crippen molar-refractivity contribution in [3.05, 3.63) is 46.6 Å². The molecular weight excluding hydrogens is 328 g/mol. The second kappa shape index (κ2) is 5.71. The van der Waals surface area contributed by atoms with Gasteiger partial charge in [0.1, 0.15) is 5.92 Å². The molecule has 2 rings (SSSR count). The van der Waals surface area contributed by atoms with E-state index in [4.69, 9.17) is 17.0 Å². The smallest absolute Gasteiger partial charge is 0.317 e. The van der Waals surface area contributed by atoms with Gasteiger partial charge in [-0.05, 0) is 29.9 Å². The number of ether oxygens (including phenoxy) is 1. The molecule has 0 aromatic heterocycles. The number of halogens is 1. The second-order valence-electron chi connectivity index (χ2n) is 4.16. The lowest BCUT2D eigenvalue weighted by Crippen LogP contribution is -2.50. The van der Waals surface area contributed by atoms with Crippen LogP contribution in [0.5, 0.6) is 0 Å². The lowest BCUT2D eigenvalue weighted by Gasteiger charge is -2.34. The predicted molar refractivity (Wildman–Crippen MR) is 80.4 cm³/mol. The van der Waals surface area contributed by atoms with Crippen LogP contribution in [0.25, 0.3) is 0 Å². The maximum Gasteiger partial charge on any atom is 0.317 e. The van der Waals surface area contributed by atoms with Gasteiger partial charge in [-0.25, -0.2) is 0 Å². The first-order valence-electron chi connectivity index (χ1n) is 5.62. The first kappa shape index (κ1) is 14.0. The Morgan fingerprint density at radius 3 is 2.89 bits per heavy atom. The van der Waals surface area contributed by atoms with Gasteiger partial charge >= 0.3 is 5.97 Å². The highest BCUT2D eigenvalue weighted by Crippen LogP contribution is 2.31. The number of carbonyl (C=O) groups is 1. The fourth-order valence-electron chi connectivity index (χ4n) is 2.07. The monoisotopic (exact) mass is 340 g/mol. The minimum Gasteiger partial charge on any atom is -0.468 e. The normalized spacial score (nSPS) is 22.4. The summed E-state index contributed by atoms with van der Waals surface area (Å²) in [7, 11) is 1.36. The number of thiocarbonyl (C=S) groups is 1. The Bertz CT molecular complexity index is 547. The molecule has 1 aromatic rings. The van der Waals surface area contributed by atoms with Gasteiger partial charge in [-0.1, -0.05) is 34.6 Å². The quantitative estimate of drug-likeness (QED) is 0.638. The molecule has 1 heterocycles. The Morgan fingerprint density at radius 1 is 1.53 bits per heavy atom. The maximum atomic E-state index is 11.9. The second-order valence-corrected chi connectivity index (χ2v) is 5.48. The summed E-state index contributed by atoms with van der Waals surface area (Å²) in [6.07, 6.45) is 0. The van der Waals surface area contributed by atoms with Crippen LogP contribution in [0.1, 0.15) is 11.6 Å². The molecule has 19 heavy (non-hydrogen) atoms. The Hall–Kier alpha value is -1.40. The van der Waals surface area contributed by atoms with Crippen molar-refractivity contribution >= 4 is 39.2 Å². The Kier molecular flexibility index (Phi) is 4.21. The van der Waals surface area contributed by atoms with Gasteiger partial charge in [0.05, 0.1) is 13.2 Å². The number of hydrogen-bond donors (Lipinski definition) is 2. The highest BCUT2D eigenvalue weighted by atomic mass is 79.9. The first-order valence-corrected chi connectivity index (χ1v) is 6.82. The van der Waals surface area contributed by atoms with Gasteiger partial charge in [-0.3, -0.25) is 4.79 Å². The van der Waals surface area contributed by atoms with Crippen molar-refractivity contribution in [2.75, 3.05) is 7.11 Å². The number of rotatable bonds is 2. The average molecular weight is 341 g/mol. The highest BCUT2D eigenvalue weighted by Gasteiger charge is 2.37. The van der Waals surface area contributed by atoms with Crippen LogP contribution in [-0.2, 0) is 9.53 Å². The van der Waals surface area contributed by atoms with Gasteiger partial charge in [-0.2, -0.15) is 0 Å². The molecule has 1 aromatic carbocycles. The van der Waals surface area contributed by atoms with E-state index in [9.17, 15) is 4.79 Å². The standard InChI is InChI=1S/C13H13BrN2O2S/c1-7-10(12(17)18-2)11(16-13(19)15-7)8-4-3-5-9(14)6-8/h3-6,10-11H,1H2,2H3,(H2,15,16,19). The minimum absolute atomic E-state index is 0.286. The molecule has 1 aliphatic heterocycles. The van der Waals surface area contributed by atoms with E-state index in [0.717, 1.165) is 10.0 Å². The van der Waals surface area contributed by atoms with Crippen molar-refractivity contribution in [3.63, 3.8) is 0 Å². The molecule has 6 heteroatoms. The minimum atomic E-state index is -0.522. The van der Waals surface area contributed by atoms with Crippen LogP contribution >= 0.6 is 28.1 Å². The van der Waals surface area contributed by atoms with Crippen molar-refractivity contribution in [2.45, 2.75) is 6.04 Å². The van der Waals surface area contributed by atoms with Crippen LogP contribution in [0.2, 0.25) is 0 Å². The van der Waals surface area contributed by atoms with Gasteiger partial charge < -0.3 is 15.4 Å². The Balaban J connectivity index is 2.40. The highest BCUT2D eigenvalue weighted by molar-refractivity contribution is 9.10. The van der Waals surface area contributed by atoms with Crippen molar-refractivity contribution in [1.82, 2.24) is 10.6 Å². The fourth-order valence-corrected chi connectivity index (χ4v) is 2.74. The summed E-state index contributed by atoms with van der Waals surface area (Å²) in [4.78, 5) is 11.9. The molecule has 0 bridgehead atoms. The van der Waals surface area contributed by atoms with E-state index >= 15 is 0 Å². The maximum absolute atomic E-state index is 11.9. The van der Waals surface area contributed by atoms with Crippen LogP contribution in [0.4, 0.5) is 0 Å². The molecular formula is C13H13BrN2O2S. The van der Waals surface area contributed by atoms with Crippen LogP contribution < -0.4 is 10.6 Å². The molecule has 0 saturated carbocycles. The van der Waals surface area contributed by atoms with E-state index < -0.39 is 5.92 Å². The largest absolute Gasteiger partial charge is 0.468 e. The number of methoxy groups -OCH3 is 1. The third kappa shape index (κ3) is 2.96. The fraction of sp³-hybridized carbons (Fsp3) is 0.231. The molecule has 4 nitrogen and oxygen atoms in total. The summed E-state index contributed by atoms with van der Waals surface area (Å²) < 4.78 is 5.78. The summed E-state index contributed by atoms with van der Waals surface area (Å²) in [5.41, 5.74) is 1.48. The SMILES string of the molecule is C=C1NC(=S)NC(c2cccc(Br)c2)C1C(=O)OC. The molecule has 2 atom stereocenters. The van der Waals surface area contributed by atoms with E-state index in [2.05, 4.69) is 33.1 Å². The van der Waals surface area contributed by atoms with Crippen molar-refractivity contribution in [1.29, 1.82) is 0 Å². The molecule has 2 unspecified atom stereocenters. The zero-order valence-corrected chi connectivity index (χ0v) is 12.7. The zero-order valence-electron chi connectivity index (χ0n) is 10.3. The van der Waals surface area contributed by atoms with Gasteiger partial charge in [0.15, 0.2) is 5.11 Å². The van der Waals surface area contributed by atoms with Crippen LogP contribution in [0.3, 0.4) is 0 Å². The lowest BCUT2D eigenvalue weighted by atomic mass is 9.89. The van der Waals surface area contributed by atoms with Gasteiger partial charge in [0.25, 0.3) is 0 Å². The number of hydrogen-bond acceptors (Lipinski definition) is 3. The number of benzene rings is 1. The van der Waals surface area contributed by atoms with Crippen molar-refractivity contribution < 1.29 is 9.53 Å². The number of esters is 1. The topological polar surface area (TPSA) is 50.4 Å². The van der Waals surface area contributed by atoms with Crippen molar-refractivity contribution in [2.24, 2.45) is 5.92 Å². The van der Waals surface area contributed by atoms with E-state index in [-0.39, 0.29) is 12.0 Å². The first-order chi connectivity index (χ1) is 9.02. The van der Waals surface area contributed by atoms with E-state index in [1.165, 1.54) is 7.11 Å². The molecule has 1 aliphatic rings. The molecule has 0 amide bonds. The molecule has 100 valence electrons. The summed E-state index contributed by atoms with van der Waals surface area (Å²) >= 11 is 8.54. The average Bonchev–Trinajstić information content (AvgIpc) is 2.37. The lowest BCUT2D eigenvalue weighted by molar-refractivity contribution is -0.145. The molecule has 1 fully saturated rings. The van der Waals surface area contributed by atoms with Gasteiger partial charge in [0.2, 0.25) is 0 Å². The Morgan fingerprint density at radius 2 is 2.26 bits per heavy atom.